The standard InChI is InChI=1S/C25H31F2N9O/c1-35-25(32-33-34-35)37-22-12-20(18(26)11-17(22)15-7-8-15)30-24-29-14-19(27)23(31-24)28-13-16-5-4-10-36-9-3-2-6-21(16)36/h11-12,14-16,21H,2-10,13H2,1H3,(H2,28,29,30,31). The van der Waals surface area contributed by atoms with Crippen LogP contribution >= 0.6 is 0 Å². The van der Waals surface area contributed by atoms with Gasteiger partial charge in [-0.05, 0) is 79.9 Å². The Kier molecular flexibility index (Phi) is 6.58. The van der Waals surface area contributed by atoms with E-state index in [1.165, 1.54) is 30.0 Å². The molecule has 0 spiro atoms. The van der Waals surface area contributed by atoms with Gasteiger partial charge in [0, 0.05) is 31.3 Å². The topological polar surface area (TPSA) is 106 Å². The number of benzene rings is 1. The molecule has 4 heterocycles. The Hall–Kier alpha value is -3.41. The van der Waals surface area contributed by atoms with Crippen molar-refractivity contribution in [2.24, 2.45) is 13.0 Å². The minimum Gasteiger partial charge on any atom is -0.423 e. The average molecular weight is 512 g/mol. The lowest BCUT2D eigenvalue weighted by atomic mass is 9.83. The second-order valence-electron chi connectivity index (χ2n) is 10.2. The van der Waals surface area contributed by atoms with E-state index in [-0.39, 0.29) is 29.4 Å². The second-order valence-corrected chi connectivity index (χ2v) is 10.2. The van der Waals surface area contributed by atoms with Crippen molar-refractivity contribution in [3.8, 4) is 11.8 Å². The summed E-state index contributed by atoms with van der Waals surface area (Å²) in [6, 6.07) is 3.75. The van der Waals surface area contributed by atoms with Crippen LogP contribution in [0, 0.1) is 17.6 Å². The van der Waals surface area contributed by atoms with Crippen molar-refractivity contribution in [1.82, 2.24) is 35.1 Å². The number of rotatable bonds is 8. The van der Waals surface area contributed by atoms with Crippen LogP contribution in [0.1, 0.15) is 56.4 Å². The lowest BCUT2D eigenvalue weighted by Crippen LogP contribution is -2.49. The van der Waals surface area contributed by atoms with Gasteiger partial charge in [0.15, 0.2) is 11.6 Å². The minimum absolute atomic E-state index is 0.0937. The summed E-state index contributed by atoms with van der Waals surface area (Å²) in [7, 11) is 1.66. The van der Waals surface area contributed by atoms with E-state index in [9.17, 15) is 4.39 Å². The van der Waals surface area contributed by atoms with Gasteiger partial charge >= 0.3 is 6.01 Å². The third-order valence-corrected chi connectivity index (χ3v) is 7.65. The van der Waals surface area contributed by atoms with Crippen molar-refractivity contribution in [3.05, 3.63) is 35.5 Å². The van der Waals surface area contributed by atoms with Crippen LogP contribution in [0.4, 0.5) is 26.2 Å². The third-order valence-electron chi connectivity index (χ3n) is 7.65. The fourth-order valence-electron chi connectivity index (χ4n) is 5.59. The maximum absolute atomic E-state index is 15.1. The maximum atomic E-state index is 15.1. The summed E-state index contributed by atoms with van der Waals surface area (Å²) in [6.07, 6.45) is 9.01. The highest BCUT2D eigenvalue weighted by molar-refractivity contribution is 5.61. The smallest absolute Gasteiger partial charge is 0.340 e. The number of nitrogens with one attached hydrogen (secondary N) is 2. The lowest BCUT2D eigenvalue weighted by Gasteiger charge is -2.44. The van der Waals surface area contributed by atoms with Crippen LogP contribution in [0.5, 0.6) is 11.8 Å². The second kappa shape index (κ2) is 10.2. The Labute approximate surface area is 213 Å². The zero-order valence-electron chi connectivity index (χ0n) is 20.8. The van der Waals surface area contributed by atoms with Crippen molar-refractivity contribution in [2.45, 2.75) is 56.9 Å². The maximum Gasteiger partial charge on any atom is 0.340 e. The highest BCUT2D eigenvalue weighted by Crippen LogP contribution is 2.46. The van der Waals surface area contributed by atoms with Crippen molar-refractivity contribution in [2.75, 3.05) is 30.3 Å². The molecule has 2 aromatic heterocycles. The van der Waals surface area contributed by atoms with Gasteiger partial charge in [-0.1, -0.05) is 11.5 Å². The number of anilines is 3. The Morgan fingerprint density at radius 1 is 1.05 bits per heavy atom. The number of ether oxygens (including phenoxy) is 1. The van der Waals surface area contributed by atoms with Gasteiger partial charge in [-0.25, -0.2) is 13.8 Å². The molecule has 2 saturated heterocycles. The number of piperidine rings is 2. The molecule has 0 radical (unpaired) electrons. The lowest BCUT2D eigenvalue weighted by molar-refractivity contribution is 0.0648. The first-order valence-corrected chi connectivity index (χ1v) is 13.1. The first kappa shape index (κ1) is 24.0. The number of hydrogen-bond donors (Lipinski definition) is 2. The van der Waals surface area contributed by atoms with Crippen molar-refractivity contribution in [1.29, 1.82) is 0 Å². The van der Waals surface area contributed by atoms with Crippen LogP contribution in [-0.4, -0.2) is 60.8 Å². The van der Waals surface area contributed by atoms with E-state index in [4.69, 9.17) is 4.74 Å². The molecule has 2 atom stereocenters. The fraction of sp³-hybridized carbons (Fsp3) is 0.560. The van der Waals surface area contributed by atoms with Crippen molar-refractivity contribution in [3.63, 3.8) is 0 Å². The van der Waals surface area contributed by atoms with Gasteiger partial charge < -0.3 is 20.3 Å². The predicted molar refractivity (Wildman–Crippen MR) is 133 cm³/mol. The predicted octanol–water partition coefficient (Wildman–Crippen LogP) is 4.37. The van der Waals surface area contributed by atoms with Crippen molar-refractivity contribution >= 4 is 17.5 Å². The molecular formula is C25H31F2N9O. The summed E-state index contributed by atoms with van der Waals surface area (Å²) >= 11 is 0. The molecule has 37 heavy (non-hydrogen) atoms. The van der Waals surface area contributed by atoms with Gasteiger partial charge in [0.05, 0.1) is 11.9 Å². The number of aryl methyl sites for hydroxylation is 1. The van der Waals surface area contributed by atoms with Crippen LogP contribution in [0.15, 0.2) is 18.3 Å². The molecule has 3 aromatic rings. The Morgan fingerprint density at radius 2 is 1.92 bits per heavy atom. The molecule has 3 aliphatic rings. The van der Waals surface area contributed by atoms with E-state index in [1.54, 1.807) is 13.1 Å². The Balaban J connectivity index is 1.19. The van der Waals surface area contributed by atoms with Gasteiger partial charge in [-0.3, -0.25) is 0 Å². The van der Waals surface area contributed by atoms with Gasteiger partial charge in [0.2, 0.25) is 5.95 Å². The number of halogens is 2. The van der Waals surface area contributed by atoms with Crippen molar-refractivity contribution < 1.29 is 13.5 Å². The van der Waals surface area contributed by atoms with Gasteiger partial charge in [0.25, 0.3) is 0 Å². The molecule has 2 N–H and O–H groups in total. The van der Waals surface area contributed by atoms with E-state index < -0.39 is 11.6 Å². The Bertz CT molecular complexity index is 1260. The molecule has 3 fully saturated rings. The van der Waals surface area contributed by atoms with E-state index >= 15 is 4.39 Å². The number of fused-ring (bicyclic) bond motifs is 1. The van der Waals surface area contributed by atoms with Crippen LogP contribution < -0.4 is 15.4 Å². The van der Waals surface area contributed by atoms with E-state index in [2.05, 4.69) is 41.0 Å². The highest BCUT2D eigenvalue weighted by atomic mass is 19.1. The number of nitrogens with zero attached hydrogens (tertiary/aromatic N) is 7. The molecular weight excluding hydrogens is 480 g/mol. The van der Waals surface area contributed by atoms with E-state index in [0.717, 1.165) is 50.5 Å². The summed E-state index contributed by atoms with van der Waals surface area (Å²) < 4.78 is 37.0. The SMILES string of the molecule is Cn1nnnc1Oc1cc(Nc2ncc(F)c(NCC3CCCN4CCCCC34)n2)c(F)cc1C1CC1. The normalized spacial score (nSPS) is 21.9. The zero-order chi connectivity index (χ0) is 25.4. The summed E-state index contributed by atoms with van der Waals surface area (Å²) in [6.45, 7) is 2.95. The van der Waals surface area contributed by atoms with Crippen LogP contribution in [-0.2, 0) is 7.05 Å². The monoisotopic (exact) mass is 511 g/mol. The van der Waals surface area contributed by atoms with Crippen LogP contribution in [0.3, 0.4) is 0 Å². The molecule has 2 aliphatic heterocycles. The van der Waals surface area contributed by atoms with E-state index in [1.807, 2.05) is 0 Å². The first-order chi connectivity index (χ1) is 18.0. The summed E-state index contributed by atoms with van der Waals surface area (Å²) in [5, 5.41) is 17.3. The molecule has 0 bridgehead atoms. The molecule has 12 heteroatoms. The summed E-state index contributed by atoms with van der Waals surface area (Å²) in [5.41, 5.74) is 0.884. The number of hydrogen-bond acceptors (Lipinski definition) is 9. The van der Waals surface area contributed by atoms with E-state index in [0.29, 0.717) is 24.3 Å². The average Bonchev–Trinajstić information content (AvgIpc) is 3.68. The van der Waals surface area contributed by atoms with Gasteiger partial charge in [-0.15, -0.1) is 0 Å². The van der Waals surface area contributed by atoms with Gasteiger partial charge in [-0.2, -0.15) is 9.67 Å². The molecule has 1 aromatic carbocycles. The summed E-state index contributed by atoms with van der Waals surface area (Å²) in [5.74, 6) is 0.342. The largest absolute Gasteiger partial charge is 0.423 e. The van der Waals surface area contributed by atoms with Crippen LogP contribution in [0.25, 0.3) is 0 Å². The third kappa shape index (κ3) is 5.20. The molecule has 196 valence electrons. The molecule has 2 unspecified atom stereocenters. The molecule has 1 saturated carbocycles. The van der Waals surface area contributed by atoms with Crippen LogP contribution in [0.2, 0.25) is 0 Å². The molecule has 0 amide bonds. The number of aromatic nitrogens is 6. The molecule has 1 aliphatic carbocycles. The fourth-order valence-corrected chi connectivity index (χ4v) is 5.59. The minimum atomic E-state index is -0.537. The Morgan fingerprint density at radius 3 is 2.73 bits per heavy atom. The highest BCUT2D eigenvalue weighted by Gasteiger charge is 2.33. The zero-order valence-corrected chi connectivity index (χ0v) is 20.8. The number of tetrazole rings is 1. The molecule has 10 nitrogen and oxygen atoms in total. The quantitative estimate of drug-likeness (QED) is 0.456. The summed E-state index contributed by atoms with van der Waals surface area (Å²) in [4.78, 5) is 10.9. The molecule has 6 rings (SSSR count). The van der Waals surface area contributed by atoms with Gasteiger partial charge in [0.1, 0.15) is 11.6 Å². The first-order valence-electron chi connectivity index (χ1n) is 13.1.